The van der Waals surface area contributed by atoms with Gasteiger partial charge in [0.05, 0.1) is 11.7 Å². The van der Waals surface area contributed by atoms with Gasteiger partial charge in [0, 0.05) is 22.5 Å². The van der Waals surface area contributed by atoms with Crippen molar-refractivity contribution in [2.45, 2.75) is 12.8 Å². The molecule has 1 amide bonds. The fourth-order valence-corrected chi connectivity index (χ4v) is 2.42. The number of halogens is 1. The van der Waals surface area contributed by atoms with Gasteiger partial charge in [0.15, 0.2) is 0 Å². The second kappa shape index (κ2) is 5.97. The van der Waals surface area contributed by atoms with Crippen LogP contribution in [0.1, 0.15) is 12.0 Å². The van der Waals surface area contributed by atoms with E-state index in [0.29, 0.717) is 17.9 Å². The molecule has 0 bridgehead atoms. The molecule has 0 aliphatic carbocycles. The molecule has 21 heavy (non-hydrogen) atoms. The summed E-state index contributed by atoms with van der Waals surface area (Å²) < 4.78 is 0. The Labute approximate surface area is 127 Å². The lowest BCUT2D eigenvalue weighted by Crippen LogP contribution is -2.12. The van der Waals surface area contributed by atoms with Crippen molar-refractivity contribution in [3.8, 4) is 0 Å². The molecule has 2 aromatic carbocycles. The number of nitrogens with zero attached hydrogens (tertiary/aromatic N) is 1. The van der Waals surface area contributed by atoms with Gasteiger partial charge < -0.3 is 5.32 Å². The van der Waals surface area contributed by atoms with E-state index >= 15 is 0 Å². The summed E-state index contributed by atoms with van der Waals surface area (Å²) in [4.78, 5) is 12.0. The predicted molar refractivity (Wildman–Crippen MR) is 84.5 cm³/mol. The molecule has 3 aromatic rings. The highest BCUT2D eigenvalue weighted by molar-refractivity contribution is 6.31. The summed E-state index contributed by atoms with van der Waals surface area (Å²) >= 11 is 6.08. The summed E-state index contributed by atoms with van der Waals surface area (Å²) in [6.45, 7) is 0. The normalized spacial score (nSPS) is 10.7. The number of aromatic amines is 1. The molecule has 2 N–H and O–H groups in total. The topological polar surface area (TPSA) is 57.8 Å². The molecule has 0 unspecified atom stereocenters. The number of rotatable bonds is 4. The van der Waals surface area contributed by atoms with Crippen LogP contribution in [0.15, 0.2) is 48.7 Å². The third kappa shape index (κ3) is 3.23. The first-order valence-corrected chi connectivity index (χ1v) is 7.06. The van der Waals surface area contributed by atoms with E-state index in [-0.39, 0.29) is 5.91 Å². The summed E-state index contributed by atoms with van der Waals surface area (Å²) in [5.41, 5.74) is 2.71. The molecule has 4 nitrogen and oxygen atoms in total. The average molecular weight is 300 g/mol. The van der Waals surface area contributed by atoms with E-state index in [1.54, 1.807) is 6.20 Å². The van der Waals surface area contributed by atoms with Crippen LogP contribution in [0, 0.1) is 0 Å². The van der Waals surface area contributed by atoms with Crippen molar-refractivity contribution in [3.05, 3.63) is 59.2 Å². The quantitative estimate of drug-likeness (QED) is 0.770. The predicted octanol–water partition coefficient (Wildman–Crippen LogP) is 3.79. The third-order valence-corrected chi connectivity index (χ3v) is 3.67. The molecule has 1 aromatic heterocycles. The van der Waals surface area contributed by atoms with Crippen molar-refractivity contribution in [1.82, 2.24) is 10.2 Å². The highest BCUT2D eigenvalue weighted by Gasteiger charge is 2.06. The Morgan fingerprint density at radius 2 is 2.10 bits per heavy atom. The van der Waals surface area contributed by atoms with Gasteiger partial charge in [-0.25, -0.2) is 0 Å². The minimum absolute atomic E-state index is 0.0298. The van der Waals surface area contributed by atoms with Crippen molar-refractivity contribution in [3.63, 3.8) is 0 Å². The Morgan fingerprint density at radius 3 is 2.95 bits per heavy atom. The minimum atomic E-state index is -0.0298. The standard InChI is InChI=1S/C16H14ClN3O/c17-14-4-2-1-3-11(14)5-8-16(21)19-13-6-7-15-12(9-13)10-18-20-15/h1-4,6-7,9-10H,5,8H2,(H,18,20)(H,19,21). The van der Waals surface area contributed by atoms with Gasteiger partial charge in [-0.15, -0.1) is 0 Å². The fourth-order valence-electron chi connectivity index (χ4n) is 2.19. The van der Waals surface area contributed by atoms with E-state index in [0.717, 1.165) is 22.2 Å². The van der Waals surface area contributed by atoms with E-state index in [1.165, 1.54) is 0 Å². The van der Waals surface area contributed by atoms with Crippen LogP contribution in [0.25, 0.3) is 10.9 Å². The number of benzene rings is 2. The molecule has 0 saturated heterocycles. The Morgan fingerprint density at radius 1 is 1.24 bits per heavy atom. The lowest BCUT2D eigenvalue weighted by atomic mass is 10.1. The maximum Gasteiger partial charge on any atom is 0.224 e. The molecule has 3 rings (SSSR count). The van der Waals surface area contributed by atoms with E-state index in [1.807, 2.05) is 42.5 Å². The van der Waals surface area contributed by atoms with Crippen LogP contribution in [0.4, 0.5) is 5.69 Å². The number of aryl methyl sites for hydroxylation is 1. The summed E-state index contributed by atoms with van der Waals surface area (Å²) in [6, 6.07) is 13.2. The number of anilines is 1. The van der Waals surface area contributed by atoms with Crippen LogP contribution < -0.4 is 5.32 Å². The Hall–Kier alpha value is -2.33. The molecule has 1 heterocycles. The van der Waals surface area contributed by atoms with Crippen molar-refractivity contribution in [2.75, 3.05) is 5.32 Å². The van der Waals surface area contributed by atoms with E-state index in [4.69, 9.17) is 11.6 Å². The third-order valence-electron chi connectivity index (χ3n) is 3.30. The van der Waals surface area contributed by atoms with Crippen molar-refractivity contribution in [1.29, 1.82) is 0 Å². The Bertz CT molecular complexity index is 782. The van der Waals surface area contributed by atoms with Gasteiger partial charge >= 0.3 is 0 Å². The Kier molecular flexibility index (Phi) is 3.88. The van der Waals surface area contributed by atoms with E-state index in [2.05, 4.69) is 15.5 Å². The molecular weight excluding hydrogens is 286 g/mol. The molecule has 0 aliphatic heterocycles. The summed E-state index contributed by atoms with van der Waals surface area (Å²) in [5, 5.41) is 11.4. The Balaban J connectivity index is 1.62. The molecule has 0 aliphatic rings. The number of fused-ring (bicyclic) bond motifs is 1. The first-order valence-electron chi connectivity index (χ1n) is 6.69. The second-order valence-corrected chi connectivity index (χ2v) is 5.22. The van der Waals surface area contributed by atoms with Crippen LogP contribution in [0.3, 0.4) is 0 Å². The monoisotopic (exact) mass is 299 g/mol. The summed E-state index contributed by atoms with van der Waals surface area (Å²) in [7, 11) is 0. The highest BCUT2D eigenvalue weighted by atomic mass is 35.5. The molecule has 5 heteroatoms. The van der Waals surface area contributed by atoms with Crippen LogP contribution in [0.5, 0.6) is 0 Å². The van der Waals surface area contributed by atoms with Gasteiger partial charge in [0.1, 0.15) is 0 Å². The average Bonchev–Trinajstić information content (AvgIpc) is 2.94. The van der Waals surface area contributed by atoms with Gasteiger partial charge in [0.25, 0.3) is 0 Å². The molecule has 0 saturated carbocycles. The van der Waals surface area contributed by atoms with Crippen molar-refractivity contribution in [2.24, 2.45) is 0 Å². The zero-order valence-corrected chi connectivity index (χ0v) is 12.0. The molecule has 106 valence electrons. The summed E-state index contributed by atoms with van der Waals surface area (Å²) in [6.07, 6.45) is 2.75. The second-order valence-electron chi connectivity index (χ2n) is 4.81. The minimum Gasteiger partial charge on any atom is -0.326 e. The maximum absolute atomic E-state index is 12.0. The number of hydrogen-bond donors (Lipinski definition) is 2. The number of carbonyl (C=O) groups is 1. The molecular formula is C16H14ClN3O. The van der Waals surface area contributed by atoms with Gasteiger partial charge in [-0.2, -0.15) is 5.10 Å². The zero-order valence-electron chi connectivity index (χ0n) is 11.3. The molecule has 0 fully saturated rings. The van der Waals surface area contributed by atoms with Crippen LogP contribution in [0.2, 0.25) is 5.02 Å². The highest BCUT2D eigenvalue weighted by Crippen LogP contribution is 2.19. The lowest BCUT2D eigenvalue weighted by Gasteiger charge is -2.06. The number of amides is 1. The van der Waals surface area contributed by atoms with E-state index in [9.17, 15) is 4.79 Å². The van der Waals surface area contributed by atoms with Crippen molar-refractivity contribution >= 4 is 34.1 Å². The van der Waals surface area contributed by atoms with E-state index < -0.39 is 0 Å². The number of H-pyrrole nitrogens is 1. The van der Waals surface area contributed by atoms with Gasteiger partial charge in [0.2, 0.25) is 5.91 Å². The van der Waals surface area contributed by atoms with Crippen molar-refractivity contribution < 1.29 is 4.79 Å². The number of carbonyl (C=O) groups excluding carboxylic acids is 1. The van der Waals surface area contributed by atoms with Crippen LogP contribution in [-0.2, 0) is 11.2 Å². The van der Waals surface area contributed by atoms with Gasteiger partial charge in [-0.3, -0.25) is 9.89 Å². The SMILES string of the molecule is O=C(CCc1ccccc1Cl)Nc1ccc2[nH]ncc2c1. The number of aromatic nitrogens is 2. The maximum atomic E-state index is 12.0. The number of nitrogens with one attached hydrogen (secondary N) is 2. The van der Waals surface area contributed by atoms with Crippen LogP contribution >= 0.6 is 11.6 Å². The van der Waals surface area contributed by atoms with Gasteiger partial charge in [-0.1, -0.05) is 29.8 Å². The first-order chi connectivity index (χ1) is 10.2. The smallest absolute Gasteiger partial charge is 0.224 e. The molecule has 0 radical (unpaired) electrons. The first kappa shape index (κ1) is 13.6. The van der Waals surface area contributed by atoms with Gasteiger partial charge in [-0.05, 0) is 36.2 Å². The fraction of sp³-hybridized carbons (Fsp3) is 0.125. The largest absolute Gasteiger partial charge is 0.326 e. The summed E-state index contributed by atoms with van der Waals surface area (Å²) in [5.74, 6) is -0.0298. The van der Waals surface area contributed by atoms with Crippen LogP contribution in [-0.4, -0.2) is 16.1 Å². The molecule has 0 atom stereocenters. The zero-order chi connectivity index (χ0) is 14.7. The molecule has 0 spiro atoms. The number of hydrogen-bond acceptors (Lipinski definition) is 2. The lowest BCUT2D eigenvalue weighted by molar-refractivity contribution is -0.116.